The number of carbonyl (C=O) groups is 1. The van der Waals surface area contributed by atoms with Crippen LogP contribution in [0.1, 0.15) is 20.8 Å². The molecule has 0 atom stereocenters. The van der Waals surface area contributed by atoms with Crippen LogP contribution in [-0.4, -0.2) is 44.0 Å². The van der Waals surface area contributed by atoms with E-state index in [9.17, 15) is 13.2 Å². The third-order valence-corrected chi connectivity index (χ3v) is 3.77. The van der Waals surface area contributed by atoms with E-state index in [1.165, 1.54) is 24.3 Å². The topological polar surface area (TPSA) is 122 Å². The van der Waals surface area contributed by atoms with Gasteiger partial charge in [-0.15, -0.1) is 0 Å². The molecule has 1 aromatic rings. The van der Waals surface area contributed by atoms with Crippen molar-refractivity contribution in [3.05, 3.63) is 24.3 Å². The van der Waals surface area contributed by atoms with E-state index in [0.29, 0.717) is 5.69 Å². The number of anilines is 1. The summed E-state index contributed by atoms with van der Waals surface area (Å²) in [6, 6.07) is 5.64. The van der Waals surface area contributed by atoms with Crippen molar-refractivity contribution >= 4 is 27.5 Å². The number of ether oxygens (including phenoxy) is 1. The second-order valence-electron chi connectivity index (χ2n) is 5.92. The Labute approximate surface area is 135 Å². The zero-order valence-corrected chi connectivity index (χ0v) is 14.3. The average Bonchev–Trinajstić information content (AvgIpc) is 2.41. The van der Waals surface area contributed by atoms with Gasteiger partial charge in [-0.25, -0.2) is 13.2 Å². The molecule has 0 heterocycles. The van der Waals surface area contributed by atoms with Crippen molar-refractivity contribution in [2.45, 2.75) is 31.3 Å². The molecule has 0 aliphatic heterocycles. The highest BCUT2D eigenvalue weighted by Crippen LogP contribution is 2.20. The minimum atomic E-state index is -3.35. The van der Waals surface area contributed by atoms with Crippen molar-refractivity contribution in [3.8, 4) is 0 Å². The Morgan fingerprint density at radius 3 is 2.22 bits per heavy atom. The Bertz CT molecular complexity index is 690. The van der Waals surface area contributed by atoms with Gasteiger partial charge in [0.15, 0.2) is 15.7 Å². The number of amidine groups is 1. The summed E-state index contributed by atoms with van der Waals surface area (Å²) in [6.07, 6.45) is 0.389. The largest absolute Gasteiger partial charge is 0.443 e. The maximum Gasteiger partial charge on any atom is 0.415 e. The lowest BCUT2D eigenvalue weighted by atomic mass is 10.2. The molecule has 0 fully saturated rings. The van der Waals surface area contributed by atoms with Gasteiger partial charge in [-0.05, 0) is 45.0 Å². The van der Waals surface area contributed by atoms with Crippen LogP contribution in [0.3, 0.4) is 0 Å². The summed E-state index contributed by atoms with van der Waals surface area (Å²) in [7, 11) is -3.35. The lowest BCUT2D eigenvalue weighted by Crippen LogP contribution is -2.42. The van der Waals surface area contributed by atoms with Crippen LogP contribution in [0.15, 0.2) is 34.3 Å². The van der Waals surface area contributed by atoms with Crippen LogP contribution in [-0.2, 0) is 14.6 Å². The summed E-state index contributed by atoms with van der Waals surface area (Å²) in [6.45, 7) is 4.92. The number of sulfone groups is 1. The number of oxime groups is 1. The highest BCUT2D eigenvalue weighted by Gasteiger charge is 2.24. The molecule has 1 rings (SSSR count). The van der Waals surface area contributed by atoms with Crippen molar-refractivity contribution in [2.24, 2.45) is 10.9 Å². The Hall–Kier alpha value is -2.29. The van der Waals surface area contributed by atoms with E-state index in [2.05, 4.69) is 5.16 Å². The fourth-order valence-electron chi connectivity index (χ4n) is 1.65. The molecule has 0 aliphatic rings. The van der Waals surface area contributed by atoms with Gasteiger partial charge in [-0.1, -0.05) is 5.16 Å². The van der Waals surface area contributed by atoms with Crippen molar-refractivity contribution in [2.75, 3.05) is 17.7 Å². The van der Waals surface area contributed by atoms with Gasteiger partial charge in [0.25, 0.3) is 0 Å². The molecule has 0 aliphatic carbocycles. The number of amides is 1. The van der Waals surface area contributed by atoms with E-state index < -0.39 is 21.5 Å². The molecule has 23 heavy (non-hydrogen) atoms. The normalized spacial score (nSPS) is 12.8. The molecule has 3 N–H and O–H groups in total. The molecule has 1 aromatic carbocycles. The smallest absolute Gasteiger partial charge is 0.415 e. The van der Waals surface area contributed by atoms with E-state index >= 15 is 0 Å². The summed E-state index contributed by atoms with van der Waals surface area (Å²) in [4.78, 5) is 13.6. The SMILES string of the molecule is CC(C)(C)OC(=O)N(CC(N)=NO)c1ccc(S(C)(=O)=O)cc1. The summed E-state index contributed by atoms with van der Waals surface area (Å²) in [5.74, 6) is -0.192. The van der Waals surface area contributed by atoms with Gasteiger partial charge in [-0.3, -0.25) is 4.90 Å². The molecule has 0 bridgehead atoms. The molecule has 9 heteroatoms. The second-order valence-corrected chi connectivity index (χ2v) is 7.94. The van der Waals surface area contributed by atoms with Crippen LogP contribution in [0, 0.1) is 0 Å². The highest BCUT2D eigenvalue weighted by molar-refractivity contribution is 7.90. The van der Waals surface area contributed by atoms with E-state index in [4.69, 9.17) is 15.7 Å². The Morgan fingerprint density at radius 2 is 1.83 bits per heavy atom. The van der Waals surface area contributed by atoms with Gasteiger partial charge < -0.3 is 15.7 Å². The van der Waals surface area contributed by atoms with Gasteiger partial charge in [0.2, 0.25) is 0 Å². The Kier molecular flexibility index (Phi) is 5.60. The van der Waals surface area contributed by atoms with Crippen LogP contribution in [0.2, 0.25) is 0 Å². The quantitative estimate of drug-likeness (QED) is 0.370. The van der Waals surface area contributed by atoms with Crippen LogP contribution in [0.5, 0.6) is 0 Å². The molecule has 0 unspecified atom stereocenters. The first kappa shape index (κ1) is 18.8. The van der Waals surface area contributed by atoms with Crippen molar-refractivity contribution in [3.63, 3.8) is 0 Å². The Morgan fingerprint density at radius 1 is 1.30 bits per heavy atom. The maximum atomic E-state index is 12.3. The number of hydrogen-bond acceptors (Lipinski definition) is 6. The van der Waals surface area contributed by atoms with Gasteiger partial charge in [0.1, 0.15) is 5.60 Å². The number of rotatable bonds is 4. The molecule has 0 aromatic heterocycles. The minimum absolute atomic E-state index is 0.120. The third kappa shape index (κ3) is 5.78. The van der Waals surface area contributed by atoms with Gasteiger partial charge in [0.05, 0.1) is 11.4 Å². The molecule has 8 nitrogen and oxygen atoms in total. The minimum Gasteiger partial charge on any atom is -0.443 e. The molecule has 128 valence electrons. The van der Waals surface area contributed by atoms with E-state index in [1.807, 2.05) is 0 Å². The molecule has 1 amide bonds. The average molecular weight is 343 g/mol. The monoisotopic (exact) mass is 343 g/mol. The van der Waals surface area contributed by atoms with E-state index in [1.54, 1.807) is 20.8 Å². The van der Waals surface area contributed by atoms with Gasteiger partial charge in [-0.2, -0.15) is 0 Å². The molecular weight excluding hydrogens is 322 g/mol. The number of hydrogen-bond donors (Lipinski definition) is 2. The highest BCUT2D eigenvalue weighted by atomic mass is 32.2. The number of nitrogens with zero attached hydrogens (tertiary/aromatic N) is 2. The number of benzene rings is 1. The first-order valence-corrected chi connectivity index (χ1v) is 8.60. The van der Waals surface area contributed by atoms with Crippen LogP contribution in [0.4, 0.5) is 10.5 Å². The lowest BCUT2D eigenvalue weighted by molar-refractivity contribution is 0.0585. The summed E-state index contributed by atoms with van der Waals surface area (Å²) >= 11 is 0. The maximum absolute atomic E-state index is 12.3. The predicted octanol–water partition coefficient (Wildman–Crippen LogP) is 1.58. The summed E-state index contributed by atoms with van der Waals surface area (Å²) in [5.41, 5.74) is 5.10. The molecular formula is C14H21N3O5S. The van der Waals surface area contributed by atoms with Crippen LogP contribution < -0.4 is 10.6 Å². The first-order valence-electron chi connectivity index (χ1n) is 6.71. The van der Waals surface area contributed by atoms with E-state index in [0.717, 1.165) is 11.2 Å². The molecule has 0 saturated heterocycles. The molecule has 0 radical (unpaired) electrons. The van der Waals surface area contributed by atoms with Crippen LogP contribution >= 0.6 is 0 Å². The molecule has 0 spiro atoms. The zero-order chi connectivity index (χ0) is 17.8. The lowest BCUT2D eigenvalue weighted by Gasteiger charge is -2.27. The summed E-state index contributed by atoms with van der Waals surface area (Å²) in [5, 5.41) is 11.5. The van der Waals surface area contributed by atoms with Gasteiger partial charge >= 0.3 is 6.09 Å². The third-order valence-electron chi connectivity index (χ3n) is 2.64. The van der Waals surface area contributed by atoms with Crippen molar-refractivity contribution in [1.82, 2.24) is 0 Å². The van der Waals surface area contributed by atoms with Crippen molar-refractivity contribution < 1.29 is 23.2 Å². The van der Waals surface area contributed by atoms with Crippen LogP contribution in [0.25, 0.3) is 0 Å². The number of carbonyl (C=O) groups excluding carboxylic acids is 1. The predicted molar refractivity (Wildman–Crippen MR) is 86.5 cm³/mol. The van der Waals surface area contributed by atoms with Gasteiger partial charge in [0, 0.05) is 11.9 Å². The fourth-order valence-corrected chi connectivity index (χ4v) is 2.28. The zero-order valence-electron chi connectivity index (χ0n) is 13.5. The Balaban J connectivity index is 3.16. The summed E-state index contributed by atoms with van der Waals surface area (Å²) < 4.78 is 28.2. The first-order chi connectivity index (χ1) is 10.4. The standard InChI is InChI=1S/C14H21N3O5S/c1-14(2,3)22-13(18)17(9-12(15)16-19)10-5-7-11(8-6-10)23(4,20)21/h5-8,19H,9H2,1-4H3,(H2,15,16). The van der Waals surface area contributed by atoms with E-state index in [-0.39, 0.29) is 17.3 Å². The number of nitrogens with two attached hydrogens (primary N) is 1. The van der Waals surface area contributed by atoms with Crippen molar-refractivity contribution in [1.29, 1.82) is 0 Å². The fraction of sp³-hybridized carbons (Fsp3) is 0.429. The second kappa shape index (κ2) is 6.86. The molecule has 0 saturated carbocycles.